The number of benzene rings is 1. The van der Waals surface area contributed by atoms with Gasteiger partial charge in [-0.05, 0) is 25.1 Å². The minimum absolute atomic E-state index is 0.144. The van der Waals surface area contributed by atoms with Crippen LogP contribution < -0.4 is 9.64 Å². The fraction of sp³-hybridized carbons (Fsp3) is 0.417. The molecule has 2 unspecified atom stereocenters. The smallest absolute Gasteiger partial charge is 0.229 e. The van der Waals surface area contributed by atoms with Crippen LogP contribution in [0.2, 0.25) is 0 Å². The molecule has 2 atom stereocenters. The summed E-state index contributed by atoms with van der Waals surface area (Å²) in [6.07, 6.45) is 0.278. The van der Waals surface area contributed by atoms with Crippen molar-refractivity contribution >= 4 is 27.9 Å². The summed E-state index contributed by atoms with van der Waals surface area (Å²) in [6, 6.07) is 5.73. The van der Waals surface area contributed by atoms with Gasteiger partial charge in [0.2, 0.25) is 6.23 Å². The Balaban J connectivity index is 1.94. The van der Waals surface area contributed by atoms with Crippen molar-refractivity contribution in [2.75, 3.05) is 18.1 Å². The molecule has 0 aromatic heterocycles. The molecule has 3 rings (SSSR count). The van der Waals surface area contributed by atoms with Crippen molar-refractivity contribution in [3.8, 4) is 5.75 Å². The van der Waals surface area contributed by atoms with E-state index in [1.54, 1.807) is 0 Å². The number of halogens is 1. The van der Waals surface area contributed by atoms with Crippen molar-refractivity contribution in [2.45, 2.75) is 18.8 Å². The molecule has 1 fully saturated rings. The molecule has 0 saturated carbocycles. The molecular formula is C12H12BrNO3. The molecule has 1 aromatic rings. The lowest BCUT2D eigenvalue weighted by atomic mass is 10.1. The van der Waals surface area contributed by atoms with E-state index in [1.807, 2.05) is 30.0 Å². The van der Waals surface area contributed by atoms with E-state index < -0.39 is 6.23 Å². The van der Waals surface area contributed by atoms with Crippen LogP contribution in [0, 0.1) is 0 Å². The average molecular weight is 298 g/mol. The number of fused-ring (bicyclic) bond motifs is 1. The van der Waals surface area contributed by atoms with Gasteiger partial charge in [-0.15, -0.1) is 0 Å². The molecule has 1 aromatic carbocycles. The van der Waals surface area contributed by atoms with E-state index in [1.165, 1.54) is 0 Å². The third kappa shape index (κ3) is 1.93. The molecule has 0 spiro atoms. The van der Waals surface area contributed by atoms with Crippen molar-refractivity contribution in [1.82, 2.24) is 0 Å². The van der Waals surface area contributed by atoms with E-state index in [0.717, 1.165) is 28.8 Å². The molecule has 17 heavy (non-hydrogen) atoms. The first-order valence-electron chi connectivity index (χ1n) is 5.43. The van der Waals surface area contributed by atoms with E-state index in [-0.39, 0.29) is 5.60 Å². The fourth-order valence-corrected chi connectivity index (χ4v) is 2.35. The van der Waals surface area contributed by atoms with Gasteiger partial charge in [-0.1, -0.05) is 15.9 Å². The highest BCUT2D eigenvalue weighted by Crippen LogP contribution is 2.41. The lowest BCUT2D eigenvalue weighted by Gasteiger charge is -2.23. The third-order valence-corrected chi connectivity index (χ3v) is 3.54. The number of hydrogen-bond acceptors (Lipinski definition) is 4. The highest BCUT2D eigenvalue weighted by molar-refractivity contribution is 9.10. The lowest BCUT2D eigenvalue weighted by molar-refractivity contribution is -0.113. The minimum Gasteiger partial charge on any atom is -0.461 e. The molecule has 0 radical (unpaired) electrons. The Labute approximate surface area is 108 Å². The summed E-state index contributed by atoms with van der Waals surface area (Å²) >= 11 is 3.43. The summed E-state index contributed by atoms with van der Waals surface area (Å²) in [5.41, 5.74) is 0.794. The van der Waals surface area contributed by atoms with Crippen LogP contribution in [0.1, 0.15) is 6.92 Å². The monoisotopic (exact) mass is 297 g/mol. The summed E-state index contributed by atoms with van der Waals surface area (Å²) in [5.74, 6) is 0.745. The highest BCUT2D eigenvalue weighted by Gasteiger charge is 2.44. The number of hydrogen-bond donors (Lipinski definition) is 0. The molecule has 90 valence electrons. The van der Waals surface area contributed by atoms with Crippen LogP contribution in [0.4, 0.5) is 5.69 Å². The Morgan fingerprint density at radius 2 is 2.41 bits per heavy atom. The van der Waals surface area contributed by atoms with Crippen LogP contribution in [0.25, 0.3) is 0 Å². The first-order valence-corrected chi connectivity index (χ1v) is 6.23. The molecule has 2 aliphatic heterocycles. The van der Waals surface area contributed by atoms with E-state index in [4.69, 9.17) is 9.47 Å². The van der Waals surface area contributed by atoms with E-state index in [9.17, 15) is 4.79 Å². The number of anilines is 1. The predicted molar refractivity (Wildman–Crippen MR) is 66.3 cm³/mol. The van der Waals surface area contributed by atoms with Crippen LogP contribution in [0.15, 0.2) is 22.7 Å². The zero-order valence-electron chi connectivity index (χ0n) is 9.35. The van der Waals surface area contributed by atoms with Crippen LogP contribution in [0.5, 0.6) is 5.75 Å². The largest absolute Gasteiger partial charge is 0.461 e. The predicted octanol–water partition coefficient (Wildman–Crippen LogP) is 1.96. The van der Waals surface area contributed by atoms with E-state index in [2.05, 4.69) is 15.9 Å². The Bertz CT molecular complexity index is 473. The van der Waals surface area contributed by atoms with Crippen molar-refractivity contribution in [1.29, 1.82) is 0 Å². The topological polar surface area (TPSA) is 42.1 Å². The number of ether oxygens (including phenoxy) is 2. The van der Waals surface area contributed by atoms with Gasteiger partial charge in [0.15, 0.2) is 6.29 Å². The molecule has 2 heterocycles. The van der Waals surface area contributed by atoms with Crippen LogP contribution in [-0.4, -0.2) is 31.3 Å². The SMILES string of the molecule is CC1(CN2c3cc(Br)ccc3OC2C=O)CO1. The van der Waals surface area contributed by atoms with Gasteiger partial charge in [0.25, 0.3) is 0 Å². The maximum atomic E-state index is 11.1. The second-order valence-corrected chi connectivity index (χ2v) is 5.54. The fourth-order valence-electron chi connectivity index (χ4n) is 2.00. The molecule has 0 aliphatic carbocycles. The Morgan fingerprint density at radius 3 is 3.06 bits per heavy atom. The zero-order chi connectivity index (χ0) is 12.0. The second kappa shape index (κ2) is 3.71. The molecule has 0 bridgehead atoms. The first kappa shape index (κ1) is 11.0. The number of aldehydes is 1. The Hall–Kier alpha value is -1.07. The number of epoxide rings is 1. The summed E-state index contributed by atoms with van der Waals surface area (Å²) in [6.45, 7) is 3.43. The van der Waals surface area contributed by atoms with Crippen LogP contribution in [0.3, 0.4) is 0 Å². The number of carbonyl (C=O) groups is 1. The quantitative estimate of drug-likeness (QED) is 0.632. The average Bonchev–Trinajstić information content (AvgIpc) is 2.93. The van der Waals surface area contributed by atoms with E-state index in [0.29, 0.717) is 6.54 Å². The van der Waals surface area contributed by atoms with Crippen LogP contribution in [-0.2, 0) is 9.53 Å². The maximum absolute atomic E-state index is 11.1. The molecule has 0 amide bonds. The van der Waals surface area contributed by atoms with Crippen molar-refractivity contribution in [3.05, 3.63) is 22.7 Å². The standard InChI is InChI=1S/C12H12BrNO3/c1-12(7-16-12)6-14-9-4-8(13)2-3-10(9)17-11(14)5-15/h2-5,11H,6-7H2,1H3. The van der Waals surface area contributed by atoms with Gasteiger partial charge in [-0.3, -0.25) is 4.79 Å². The number of carbonyl (C=O) groups excluding carboxylic acids is 1. The maximum Gasteiger partial charge on any atom is 0.229 e. The van der Waals surface area contributed by atoms with Gasteiger partial charge in [0.1, 0.15) is 11.4 Å². The Morgan fingerprint density at radius 1 is 1.65 bits per heavy atom. The molecular weight excluding hydrogens is 286 g/mol. The van der Waals surface area contributed by atoms with Crippen molar-refractivity contribution < 1.29 is 14.3 Å². The van der Waals surface area contributed by atoms with Gasteiger partial charge in [0, 0.05) is 4.47 Å². The van der Waals surface area contributed by atoms with Gasteiger partial charge < -0.3 is 14.4 Å². The zero-order valence-corrected chi connectivity index (χ0v) is 10.9. The van der Waals surface area contributed by atoms with Crippen molar-refractivity contribution in [2.24, 2.45) is 0 Å². The Kier molecular flexibility index (Phi) is 2.41. The van der Waals surface area contributed by atoms with E-state index >= 15 is 0 Å². The summed E-state index contributed by atoms with van der Waals surface area (Å²) in [7, 11) is 0. The van der Waals surface area contributed by atoms with Gasteiger partial charge in [-0.2, -0.15) is 0 Å². The molecule has 4 nitrogen and oxygen atoms in total. The summed E-state index contributed by atoms with van der Waals surface area (Å²) in [5, 5.41) is 0. The third-order valence-electron chi connectivity index (χ3n) is 3.04. The first-order chi connectivity index (χ1) is 8.11. The van der Waals surface area contributed by atoms with Gasteiger partial charge >= 0.3 is 0 Å². The molecule has 5 heteroatoms. The lowest BCUT2D eigenvalue weighted by Crippen LogP contribution is -2.41. The number of nitrogens with zero attached hydrogens (tertiary/aromatic N) is 1. The summed E-state index contributed by atoms with van der Waals surface area (Å²) < 4.78 is 11.9. The molecule has 1 saturated heterocycles. The van der Waals surface area contributed by atoms with Crippen LogP contribution >= 0.6 is 15.9 Å². The number of rotatable bonds is 3. The highest BCUT2D eigenvalue weighted by atomic mass is 79.9. The second-order valence-electron chi connectivity index (χ2n) is 4.62. The molecule has 0 N–H and O–H groups in total. The van der Waals surface area contributed by atoms with Crippen molar-refractivity contribution in [3.63, 3.8) is 0 Å². The van der Waals surface area contributed by atoms with Gasteiger partial charge in [0.05, 0.1) is 18.8 Å². The normalized spacial score (nSPS) is 29.8. The minimum atomic E-state index is -0.541. The van der Waals surface area contributed by atoms with Gasteiger partial charge in [-0.25, -0.2) is 0 Å². The summed E-state index contributed by atoms with van der Waals surface area (Å²) in [4.78, 5) is 13.0. The molecule has 2 aliphatic rings.